The molecule has 3 heterocycles. The SMILES string of the molecule is C=CC1=C(/C=C\Cc2nc(-c3ccccc3)nc(-c3ccc(-c4cccc5c4oc4ccccc45)c4oc5ccccc5c34)n2)C/C=C\C=C/C(=C)C=C1. The summed E-state index contributed by atoms with van der Waals surface area (Å²) in [6.07, 6.45) is 19.7. The highest BCUT2D eigenvalue weighted by Gasteiger charge is 2.22. The van der Waals surface area contributed by atoms with Crippen molar-refractivity contribution >= 4 is 43.9 Å². The third-order valence-corrected chi connectivity index (χ3v) is 9.76. The molecule has 1 aliphatic rings. The highest BCUT2D eigenvalue weighted by molar-refractivity contribution is 6.18. The fourth-order valence-corrected chi connectivity index (χ4v) is 7.13. The minimum atomic E-state index is 0.505. The van der Waals surface area contributed by atoms with Crippen molar-refractivity contribution in [2.24, 2.45) is 0 Å². The van der Waals surface area contributed by atoms with Gasteiger partial charge in [-0.3, -0.25) is 0 Å². The molecule has 0 bridgehead atoms. The summed E-state index contributed by atoms with van der Waals surface area (Å²) in [5.41, 5.74) is 10.0. The summed E-state index contributed by atoms with van der Waals surface area (Å²) in [6.45, 7) is 8.18. The standard InChI is InChI=1S/C49H35N3O2/c1-3-33-29-28-32(2)16-6-4-7-17-34(33)20-14-27-44-50-48(35-18-8-5-9-19-35)52-49(51-44)41-31-30-39(47-45(41)40-22-11-13-26-43(40)54-47)38-24-15-23-37-36-21-10-12-25-42(36)53-46(37)38/h3-16,18-26,28-31H,1-2,17,27H2/b7-4-,16-6-,20-14-,29-28?,34-33?. The Hall–Kier alpha value is -7.11. The van der Waals surface area contributed by atoms with E-state index in [-0.39, 0.29) is 0 Å². The van der Waals surface area contributed by atoms with E-state index in [9.17, 15) is 0 Å². The zero-order valence-corrected chi connectivity index (χ0v) is 29.6. The predicted octanol–water partition coefficient (Wildman–Crippen LogP) is 12.9. The minimum Gasteiger partial charge on any atom is -0.455 e. The van der Waals surface area contributed by atoms with E-state index in [0.29, 0.717) is 23.9 Å². The summed E-state index contributed by atoms with van der Waals surface area (Å²) in [4.78, 5) is 15.2. The first-order chi connectivity index (χ1) is 26.6. The average molecular weight is 698 g/mol. The molecule has 258 valence electrons. The molecule has 5 nitrogen and oxygen atoms in total. The van der Waals surface area contributed by atoms with Crippen LogP contribution in [0.4, 0.5) is 0 Å². The molecule has 0 atom stereocenters. The van der Waals surface area contributed by atoms with Gasteiger partial charge in [0.05, 0.1) is 0 Å². The van der Waals surface area contributed by atoms with E-state index in [1.54, 1.807) is 0 Å². The van der Waals surface area contributed by atoms with E-state index >= 15 is 0 Å². The Morgan fingerprint density at radius 2 is 1.31 bits per heavy atom. The van der Waals surface area contributed by atoms with Crippen LogP contribution in [0.25, 0.3) is 77.8 Å². The second-order valence-corrected chi connectivity index (χ2v) is 13.2. The normalized spacial score (nSPS) is 14.9. The van der Waals surface area contributed by atoms with E-state index in [2.05, 4.69) is 79.9 Å². The van der Waals surface area contributed by atoms with Crippen LogP contribution in [0, 0.1) is 0 Å². The Morgan fingerprint density at radius 1 is 0.611 bits per heavy atom. The number of hydrogen-bond acceptors (Lipinski definition) is 5. The lowest BCUT2D eigenvalue weighted by molar-refractivity contribution is 0.665. The fourth-order valence-electron chi connectivity index (χ4n) is 7.13. The van der Waals surface area contributed by atoms with Crippen LogP contribution in [0.2, 0.25) is 0 Å². The first-order valence-electron chi connectivity index (χ1n) is 18.0. The average Bonchev–Trinajstić information content (AvgIpc) is 3.80. The lowest BCUT2D eigenvalue weighted by atomic mass is 9.96. The van der Waals surface area contributed by atoms with Crippen molar-refractivity contribution in [1.82, 2.24) is 15.0 Å². The quantitative estimate of drug-likeness (QED) is 0.166. The number of nitrogens with zero attached hydrogens (tertiary/aromatic N) is 3. The van der Waals surface area contributed by atoms with Crippen LogP contribution < -0.4 is 0 Å². The monoisotopic (exact) mass is 697 g/mol. The van der Waals surface area contributed by atoms with Gasteiger partial charge in [-0.1, -0.05) is 153 Å². The number of rotatable bonds is 7. The van der Waals surface area contributed by atoms with Gasteiger partial charge in [-0.05, 0) is 47.4 Å². The van der Waals surface area contributed by atoms with Crippen LogP contribution in [-0.4, -0.2) is 15.0 Å². The molecule has 0 amide bonds. The Labute approximate surface area is 313 Å². The Kier molecular flexibility index (Phi) is 8.58. The molecule has 5 heteroatoms. The van der Waals surface area contributed by atoms with E-state index < -0.39 is 0 Å². The van der Waals surface area contributed by atoms with Crippen molar-refractivity contribution in [3.05, 3.63) is 200 Å². The molecule has 9 rings (SSSR count). The second kappa shape index (κ2) is 14.1. The lowest BCUT2D eigenvalue weighted by Gasteiger charge is -2.10. The summed E-state index contributed by atoms with van der Waals surface area (Å²) < 4.78 is 13.2. The molecule has 0 radical (unpaired) electrons. The third kappa shape index (κ3) is 6.12. The molecule has 0 aliphatic heterocycles. The third-order valence-electron chi connectivity index (χ3n) is 9.76. The van der Waals surface area contributed by atoms with Gasteiger partial charge in [0.15, 0.2) is 11.6 Å². The maximum absolute atomic E-state index is 6.71. The molecule has 3 aromatic heterocycles. The number of allylic oxidation sites excluding steroid dienone is 12. The smallest absolute Gasteiger partial charge is 0.164 e. The van der Waals surface area contributed by atoms with Crippen molar-refractivity contribution in [1.29, 1.82) is 0 Å². The molecule has 0 spiro atoms. The van der Waals surface area contributed by atoms with Crippen LogP contribution in [0.15, 0.2) is 203 Å². The van der Waals surface area contributed by atoms with Crippen molar-refractivity contribution in [2.45, 2.75) is 12.8 Å². The van der Waals surface area contributed by atoms with Gasteiger partial charge in [0.2, 0.25) is 0 Å². The number of furan rings is 2. The van der Waals surface area contributed by atoms with Gasteiger partial charge in [0.25, 0.3) is 0 Å². The number of para-hydroxylation sites is 3. The highest BCUT2D eigenvalue weighted by Crippen LogP contribution is 2.44. The summed E-state index contributed by atoms with van der Waals surface area (Å²) in [7, 11) is 0. The molecule has 0 saturated heterocycles. The Morgan fingerprint density at radius 3 is 2.17 bits per heavy atom. The highest BCUT2D eigenvalue weighted by atomic mass is 16.3. The lowest BCUT2D eigenvalue weighted by Crippen LogP contribution is -2.03. The first kappa shape index (κ1) is 32.8. The number of fused-ring (bicyclic) bond motifs is 6. The minimum absolute atomic E-state index is 0.505. The summed E-state index contributed by atoms with van der Waals surface area (Å²) in [5, 5.41) is 4.08. The zero-order valence-electron chi connectivity index (χ0n) is 29.6. The van der Waals surface area contributed by atoms with E-state index in [4.69, 9.17) is 23.8 Å². The fraction of sp³-hybridized carbons (Fsp3) is 0.0408. The molecule has 0 saturated carbocycles. The number of aromatic nitrogens is 3. The molecule has 54 heavy (non-hydrogen) atoms. The Bertz CT molecular complexity index is 2910. The summed E-state index contributed by atoms with van der Waals surface area (Å²) in [6, 6.07) is 36.8. The maximum Gasteiger partial charge on any atom is 0.164 e. The molecule has 8 aromatic rings. The van der Waals surface area contributed by atoms with Gasteiger partial charge >= 0.3 is 0 Å². The number of hydrogen-bond donors (Lipinski definition) is 0. The summed E-state index contributed by atoms with van der Waals surface area (Å²) in [5.74, 6) is 1.86. The van der Waals surface area contributed by atoms with Crippen LogP contribution in [0.5, 0.6) is 0 Å². The van der Waals surface area contributed by atoms with Crippen molar-refractivity contribution in [3.8, 4) is 33.9 Å². The zero-order chi connectivity index (χ0) is 36.4. The molecular formula is C49H35N3O2. The second-order valence-electron chi connectivity index (χ2n) is 13.2. The van der Waals surface area contributed by atoms with Gasteiger partial charge in [0, 0.05) is 50.2 Å². The van der Waals surface area contributed by atoms with Gasteiger partial charge in [-0.2, -0.15) is 0 Å². The topological polar surface area (TPSA) is 65.0 Å². The van der Waals surface area contributed by atoms with Crippen LogP contribution in [0.1, 0.15) is 12.2 Å². The molecule has 1 aliphatic carbocycles. The van der Waals surface area contributed by atoms with Crippen molar-refractivity contribution < 1.29 is 8.83 Å². The van der Waals surface area contributed by atoms with Crippen molar-refractivity contribution in [2.75, 3.05) is 0 Å². The van der Waals surface area contributed by atoms with Gasteiger partial charge in [-0.25, -0.2) is 15.0 Å². The molecule has 5 aromatic carbocycles. The first-order valence-corrected chi connectivity index (χ1v) is 18.0. The van der Waals surface area contributed by atoms with Crippen LogP contribution >= 0.6 is 0 Å². The maximum atomic E-state index is 6.71. The van der Waals surface area contributed by atoms with Crippen molar-refractivity contribution in [3.63, 3.8) is 0 Å². The van der Waals surface area contributed by atoms with E-state index in [1.165, 1.54) is 0 Å². The van der Waals surface area contributed by atoms with Crippen LogP contribution in [-0.2, 0) is 6.42 Å². The molecule has 0 unspecified atom stereocenters. The van der Waals surface area contributed by atoms with Crippen LogP contribution in [0.3, 0.4) is 0 Å². The molecule has 0 fully saturated rings. The van der Waals surface area contributed by atoms with E-state index in [1.807, 2.05) is 97.1 Å². The largest absolute Gasteiger partial charge is 0.455 e. The van der Waals surface area contributed by atoms with Gasteiger partial charge in [-0.15, -0.1) is 0 Å². The van der Waals surface area contributed by atoms with Gasteiger partial charge in [0.1, 0.15) is 28.2 Å². The Balaban J connectivity index is 1.19. The summed E-state index contributed by atoms with van der Waals surface area (Å²) >= 11 is 0. The van der Waals surface area contributed by atoms with Gasteiger partial charge < -0.3 is 8.83 Å². The molecular weight excluding hydrogens is 663 g/mol. The predicted molar refractivity (Wildman–Crippen MR) is 222 cm³/mol. The number of benzene rings is 5. The van der Waals surface area contributed by atoms with E-state index in [0.717, 1.165) is 89.3 Å². The molecule has 0 N–H and O–H groups in total.